The molecule has 21 heavy (non-hydrogen) atoms. The van der Waals surface area contributed by atoms with Gasteiger partial charge in [-0.25, -0.2) is 14.2 Å². The maximum absolute atomic E-state index is 11.8. The molecule has 0 spiro atoms. The molecule has 0 bridgehead atoms. The van der Waals surface area contributed by atoms with Gasteiger partial charge < -0.3 is 20.0 Å². The van der Waals surface area contributed by atoms with Crippen LogP contribution >= 0.6 is 0 Å². The van der Waals surface area contributed by atoms with Crippen LogP contribution in [-0.2, 0) is 0 Å². The quantitative estimate of drug-likeness (QED) is 0.550. The van der Waals surface area contributed by atoms with E-state index >= 15 is 0 Å². The van der Waals surface area contributed by atoms with Crippen LogP contribution in [0.5, 0.6) is 0 Å². The Labute approximate surface area is 139 Å². The van der Waals surface area contributed by atoms with Crippen LogP contribution in [0.3, 0.4) is 0 Å². The molecule has 2 rings (SSSR count). The summed E-state index contributed by atoms with van der Waals surface area (Å²) in [5.41, 5.74) is -2.65. The molecule has 2 aromatic rings. The third-order valence-electron chi connectivity index (χ3n) is 2.50. The van der Waals surface area contributed by atoms with Gasteiger partial charge >= 0.3 is 41.2 Å². The maximum atomic E-state index is 11.8. The molecule has 2 N–H and O–H groups in total. The van der Waals surface area contributed by atoms with E-state index in [9.17, 15) is 24.3 Å². The number of rotatable bonds is 3. The minimum Gasteiger partial charge on any atom is -0.543 e. The van der Waals surface area contributed by atoms with Crippen LogP contribution in [0.1, 0.15) is 20.8 Å². The number of carbonyl (C=O) groups excluding carboxylic acids is 1. The molecule has 0 radical (unpaired) electrons. The van der Waals surface area contributed by atoms with Gasteiger partial charge in [0.15, 0.2) is 0 Å². The standard InChI is InChI=1S/C12H8N2O6.Na/c15-9-5-8(11(18)19)13-12(20)14(9)7-3-1-2-6(4-7)10(16)17;/h1-5H,(H,13,20)(H,16,17)(H,18,19);/q;+1/p-1. The van der Waals surface area contributed by atoms with Crippen molar-refractivity contribution in [2.75, 3.05) is 0 Å². The molecule has 0 fully saturated rings. The number of carbonyl (C=O) groups is 2. The van der Waals surface area contributed by atoms with Gasteiger partial charge in [0, 0.05) is 6.07 Å². The first-order valence-electron chi connectivity index (χ1n) is 5.31. The number of H-pyrrole nitrogens is 1. The summed E-state index contributed by atoms with van der Waals surface area (Å²) in [6.07, 6.45) is 0. The van der Waals surface area contributed by atoms with Gasteiger partial charge in [0.25, 0.3) is 5.56 Å². The van der Waals surface area contributed by atoms with E-state index in [-0.39, 0.29) is 40.8 Å². The Hall–Kier alpha value is -2.16. The molecule has 0 amide bonds. The predicted octanol–water partition coefficient (Wildman–Crippen LogP) is -4.41. The molecule has 102 valence electrons. The fraction of sp³-hybridized carbons (Fsp3) is 0. The summed E-state index contributed by atoms with van der Waals surface area (Å²) in [5.74, 6) is -2.91. The Kier molecular flexibility index (Phi) is 5.25. The molecule has 0 atom stereocenters. The Morgan fingerprint density at radius 2 is 1.86 bits per heavy atom. The zero-order chi connectivity index (χ0) is 14.9. The molecule has 0 aliphatic carbocycles. The van der Waals surface area contributed by atoms with Crippen LogP contribution in [-0.4, -0.2) is 26.6 Å². The third-order valence-corrected chi connectivity index (χ3v) is 2.50. The Morgan fingerprint density at radius 1 is 1.19 bits per heavy atom. The Balaban J connectivity index is 0.00000220. The van der Waals surface area contributed by atoms with Crippen LogP contribution in [0.4, 0.5) is 0 Å². The molecule has 1 aromatic carbocycles. The Morgan fingerprint density at radius 3 is 2.38 bits per heavy atom. The first-order chi connectivity index (χ1) is 9.40. The average Bonchev–Trinajstić information content (AvgIpc) is 2.38. The summed E-state index contributed by atoms with van der Waals surface area (Å²) >= 11 is 0. The second-order valence-electron chi connectivity index (χ2n) is 3.80. The second kappa shape index (κ2) is 6.53. The molecule has 0 aliphatic rings. The molecule has 1 heterocycles. The number of carboxylic acid groups (broad SMARTS) is 2. The molecule has 0 saturated carbocycles. The number of nitrogens with one attached hydrogen (secondary N) is 1. The van der Waals surface area contributed by atoms with Gasteiger partial charge in [-0.2, -0.15) is 0 Å². The van der Waals surface area contributed by atoms with Gasteiger partial charge in [0.1, 0.15) is 0 Å². The van der Waals surface area contributed by atoms with Crippen LogP contribution in [0, 0.1) is 0 Å². The van der Waals surface area contributed by atoms with Gasteiger partial charge in [0.2, 0.25) is 0 Å². The topological polar surface area (TPSA) is 132 Å². The number of nitrogens with zero attached hydrogens (tertiary/aromatic N) is 1. The second-order valence-corrected chi connectivity index (χ2v) is 3.80. The number of benzene rings is 1. The van der Waals surface area contributed by atoms with Crippen LogP contribution < -0.4 is 45.9 Å². The summed E-state index contributed by atoms with van der Waals surface area (Å²) in [6.45, 7) is 0. The monoisotopic (exact) mass is 298 g/mol. The molecular formula is C12H7N2NaO6. The number of aromatic carboxylic acids is 2. The van der Waals surface area contributed by atoms with Crippen molar-refractivity contribution in [1.82, 2.24) is 9.55 Å². The van der Waals surface area contributed by atoms with Gasteiger partial charge in [0.05, 0.1) is 22.9 Å². The average molecular weight is 298 g/mol. The minimum atomic E-state index is -1.69. The fourth-order valence-corrected chi connectivity index (χ4v) is 1.63. The van der Waals surface area contributed by atoms with E-state index in [1.807, 2.05) is 4.98 Å². The molecule has 9 heteroatoms. The molecule has 0 saturated heterocycles. The van der Waals surface area contributed by atoms with Crippen molar-refractivity contribution in [2.24, 2.45) is 0 Å². The van der Waals surface area contributed by atoms with E-state index in [1.54, 1.807) is 0 Å². The molecule has 0 aliphatic heterocycles. The van der Waals surface area contributed by atoms with E-state index in [1.165, 1.54) is 18.2 Å². The number of hydrogen-bond donors (Lipinski definition) is 2. The predicted molar refractivity (Wildman–Crippen MR) is 63.9 cm³/mol. The largest absolute Gasteiger partial charge is 1.00 e. The van der Waals surface area contributed by atoms with Gasteiger partial charge in [-0.3, -0.25) is 4.79 Å². The summed E-state index contributed by atoms with van der Waals surface area (Å²) < 4.78 is 0.624. The maximum Gasteiger partial charge on any atom is 1.00 e. The Bertz CT molecular complexity index is 792. The van der Waals surface area contributed by atoms with E-state index in [0.717, 1.165) is 6.07 Å². The number of aromatic nitrogens is 2. The first kappa shape index (κ1) is 16.9. The summed E-state index contributed by atoms with van der Waals surface area (Å²) in [5, 5.41) is 19.4. The third kappa shape index (κ3) is 3.48. The van der Waals surface area contributed by atoms with Gasteiger partial charge in [-0.15, -0.1) is 0 Å². The van der Waals surface area contributed by atoms with Crippen molar-refractivity contribution in [1.29, 1.82) is 0 Å². The molecule has 0 unspecified atom stereocenters. The van der Waals surface area contributed by atoms with Crippen molar-refractivity contribution in [3.8, 4) is 5.69 Å². The van der Waals surface area contributed by atoms with Crippen LogP contribution in [0.2, 0.25) is 0 Å². The summed E-state index contributed by atoms with van der Waals surface area (Å²) in [6, 6.07) is 5.81. The van der Waals surface area contributed by atoms with Crippen LogP contribution in [0.25, 0.3) is 5.69 Å². The van der Waals surface area contributed by atoms with Crippen molar-refractivity contribution in [3.05, 3.63) is 62.4 Å². The summed E-state index contributed by atoms with van der Waals surface area (Å²) in [4.78, 5) is 46.9. The fourth-order valence-electron chi connectivity index (χ4n) is 1.63. The zero-order valence-corrected chi connectivity index (χ0v) is 12.8. The van der Waals surface area contributed by atoms with Crippen molar-refractivity contribution in [2.45, 2.75) is 0 Å². The number of aromatic amines is 1. The van der Waals surface area contributed by atoms with E-state index < -0.39 is 28.9 Å². The number of hydrogen-bond acceptors (Lipinski definition) is 5. The van der Waals surface area contributed by atoms with Crippen molar-refractivity contribution < 1.29 is 49.4 Å². The first-order valence-corrected chi connectivity index (χ1v) is 5.31. The van der Waals surface area contributed by atoms with Gasteiger partial charge in [-0.1, -0.05) is 6.07 Å². The van der Waals surface area contributed by atoms with Crippen molar-refractivity contribution in [3.63, 3.8) is 0 Å². The van der Waals surface area contributed by atoms with Crippen LogP contribution in [0.15, 0.2) is 39.9 Å². The number of carboxylic acids is 2. The minimum absolute atomic E-state index is 0. The zero-order valence-electron chi connectivity index (χ0n) is 10.8. The van der Waals surface area contributed by atoms with E-state index in [2.05, 4.69) is 0 Å². The van der Waals surface area contributed by atoms with Gasteiger partial charge in [-0.05, 0) is 18.2 Å². The summed E-state index contributed by atoms with van der Waals surface area (Å²) in [7, 11) is 0. The molecular weight excluding hydrogens is 291 g/mol. The van der Waals surface area contributed by atoms with E-state index in [0.29, 0.717) is 10.6 Å². The molecule has 8 nitrogen and oxygen atoms in total. The van der Waals surface area contributed by atoms with E-state index in [4.69, 9.17) is 5.11 Å². The SMILES string of the molecule is O=C(O)c1cccc(-n2c(=O)cc(C(=O)[O-])[nH]c2=O)c1.[Na+]. The van der Waals surface area contributed by atoms with Crippen molar-refractivity contribution >= 4 is 11.9 Å². The molecule has 1 aromatic heterocycles. The normalized spacial score (nSPS) is 9.71. The smallest absolute Gasteiger partial charge is 0.543 e.